The molecular formula is C14H16BrN3O. The predicted molar refractivity (Wildman–Crippen MR) is 79.4 cm³/mol. The summed E-state index contributed by atoms with van der Waals surface area (Å²) >= 11 is 3.40. The molecule has 0 fully saturated rings. The Kier molecular flexibility index (Phi) is 4.04. The van der Waals surface area contributed by atoms with Crippen LogP contribution in [0.2, 0.25) is 0 Å². The highest BCUT2D eigenvalue weighted by molar-refractivity contribution is 9.10. The second kappa shape index (κ2) is 5.57. The molecule has 1 heterocycles. The van der Waals surface area contributed by atoms with Gasteiger partial charge in [-0.3, -0.25) is 4.79 Å². The van der Waals surface area contributed by atoms with Crippen LogP contribution in [0.1, 0.15) is 35.8 Å². The number of anilines is 1. The molecule has 0 aliphatic heterocycles. The van der Waals surface area contributed by atoms with Gasteiger partial charge in [-0.05, 0) is 44.5 Å². The summed E-state index contributed by atoms with van der Waals surface area (Å²) in [6, 6.07) is 7.63. The van der Waals surface area contributed by atoms with Crippen LogP contribution in [0, 0.1) is 6.92 Å². The molecule has 5 heteroatoms. The van der Waals surface area contributed by atoms with Crippen LogP contribution in [0.4, 0.5) is 5.82 Å². The maximum Gasteiger partial charge on any atom is 0.256 e. The SMILES string of the molecule is Cc1cc(Br)cc(C(=O)Nc2ccnn2C(C)C)c1. The van der Waals surface area contributed by atoms with Gasteiger partial charge in [0.1, 0.15) is 5.82 Å². The van der Waals surface area contributed by atoms with Crippen LogP contribution in [0.15, 0.2) is 34.9 Å². The molecule has 19 heavy (non-hydrogen) atoms. The maximum absolute atomic E-state index is 12.2. The molecule has 1 N–H and O–H groups in total. The van der Waals surface area contributed by atoms with Gasteiger partial charge in [0.05, 0.1) is 6.20 Å². The molecule has 2 aromatic rings. The average Bonchev–Trinajstić information content (AvgIpc) is 2.75. The van der Waals surface area contributed by atoms with Crippen molar-refractivity contribution in [2.75, 3.05) is 5.32 Å². The van der Waals surface area contributed by atoms with Crippen molar-refractivity contribution in [3.8, 4) is 0 Å². The van der Waals surface area contributed by atoms with Crippen LogP contribution in [0.5, 0.6) is 0 Å². The lowest BCUT2D eigenvalue weighted by molar-refractivity contribution is 0.102. The van der Waals surface area contributed by atoms with E-state index in [1.54, 1.807) is 23.0 Å². The minimum atomic E-state index is -0.133. The zero-order valence-corrected chi connectivity index (χ0v) is 12.7. The van der Waals surface area contributed by atoms with Gasteiger partial charge in [-0.15, -0.1) is 0 Å². The lowest BCUT2D eigenvalue weighted by atomic mass is 10.1. The molecule has 0 aliphatic carbocycles. The molecule has 1 amide bonds. The molecule has 0 radical (unpaired) electrons. The van der Waals surface area contributed by atoms with E-state index in [0.717, 1.165) is 10.0 Å². The molecule has 2 rings (SSSR count). The second-order valence-electron chi connectivity index (χ2n) is 4.73. The molecule has 1 aromatic carbocycles. The molecule has 100 valence electrons. The van der Waals surface area contributed by atoms with E-state index in [9.17, 15) is 4.79 Å². The minimum Gasteiger partial charge on any atom is -0.307 e. The fourth-order valence-corrected chi connectivity index (χ4v) is 2.49. The zero-order chi connectivity index (χ0) is 14.0. The molecule has 0 atom stereocenters. The number of hydrogen-bond donors (Lipinski definition) is 1. The van der Waals surface area contributed by atoms with Crippen molar-refractivity contribution >= 4 is 27.7 Å². The molecule has 0 saturated heterocycles. The first-order valence-corrected chi connectivity index (χ1v) is 6.88. The van der Waals surface area contributed by atoms with Gasteiger partial charge in [0.2, 0.25) is 0 Å². The number of rotatable bonds is 3. The topological polar surface area (TPSA) is 46.9 Å². The molecule has 0 aliphatic rings. The molecular weight excluding hydrogens is 306 g/mol. The van der Waals surface area contributed by atoms with Crippen molar-refractivity contribution in [3.63, 3.8) is 0 Å². The Hall–Kier alpha value is -1.62. The number of aryl methyl sites for hydroxylation is 1. The Balaban J connectivity index is 2.23. The number of carbonyl (C=O) groups excluding carboxylic acids is 1. The van der Waals surface area contributed by atoms with E-state index in [2.05, 4.69) is 26.3 Å². The first kappa shape index (κ1) is 13.8. The Bertz CT molecular complexity index is 584. The van der Waals surface area contributed by atoms with E-state index in [-0.39, 0.29) is 11.9 Å². The van der Waals surface area contributed by atoms with E-state index in [0.29, 0.717) is 11.4 Å². The van der Waals surface area contributed by atoms with Gasteiger partial charge in [0, 0.05) is 22.1 Å². The highest BCUT2D eigenvalue weighted by Gasteiger charge is 2.11. The number of carbonyl (C=O) groups is 1. The number of nitrogens with one attached hydrogen (secondary N) is 1. The number of nitrogens with zero attached hydrogens (tertiary/aromatic N) is 2. The molecule has 0 spiro atoms. The fraction of sp³-hybridized carbons (Fsp3) is 0.286. The fourth-order valence-electron chi connectivity index (χ4n) is 1.88. The van der Waals surface area contributed by atoms with Gasteiger partial charge in [-0.25, -0.2) is 4.68 Å². The summed E-state index contributed by atoms with van der Waals surface area (Å²) in [5.74, 6) is 0.574. The van der Waals surface area contributed by atoms with Crippen LogP contribution in [-0.4, -0.2) is 15.7 Å². The number of halogens is 1. The number of aromatic nitrogens is 2. The lowest BCUT2D eigenvalue weighted by Crippen LogP contribution is -2.16. The van der Waals surface area contributed by atoms with E-state index >= 15 is 0 Å². The average molecular weight is 322 g/mol. The first-order chi connectivity index (χ1) is 8.97. The van der Waals surface area contributed by atoms with Crippen LogP contribution in [-0.2, 0) is 0 Å². The van der Waals surface area contributed by atoms with E-state index < -0.39 is 0 Å². The largest absolute Gasteiger partial charge is 0.307 e. The summed E-state index contributed by atoms with van der Waals surface area (Å²) in [4.78, 5) is 12.2. The predicted octanol–water partition coefficient (Wildman–Crippen LogP) is 3.79. The Morgan fingerprint density at radius 1 is 1.37 bits per heavy atom. The molecule has 4 nitrogen and oxygen atoms in total. The van der Waals surface area contributed by atoms with Gasteiger partial charge in [0.25, 0.3) is 5.91 Å². The third-order valence-corrected chi connectivity index (χ3v) is 3.16. The summed E-state index contributed by atoms with van der Waals surface area (Å²) in [5, 5.41) is 7.07. The highest BCUT2D eigenvalue weighted by Crippen LogP contribution is 2.18. The standard InChI is InChI=1S/C14H16BrN3O/c1-9(2)18-13(4-5-16-18)17-14(19)11-6-10(3)7-12(15)8-11/h4-9H,1-3H3,(H,17,19). The molecule has 1 aromatic heterocycles. The highest BCUT2D eigenvalue weighted by atomic mass is 79.9. The maximum atomic E-state index is 12.2. The molecule has 0 saturated carbocycles. The van der Waals surface area contributed by atoms with Crippen molar-refractivity contribution in [2.24, 2.45) is 0 Å². The summed E-state index contributed by atoms with van der Waals surface area (Å²) in [6.07, 6.45) is 1.68. The second-order valence-corrected chi connectivity index (χ2v) is 5.64. The van der Waals surface area contributed by atoms with Crippen molar-refractivity contribution < 1.29 is 4.79 Å². The third-order valence-electron chi connectivity index (χ3n) is 2.71. The third kappa shape index (κ3) is 3.23. The quantitative estimate of drug-likeness (QED) is 0.934. The van der Waals surface area contributed by atoms with Crippen molar-refractivity contribution in [1.82, 2.24) is 9.78 Å². The molecule has 0 unspecified atom stereocenters. The van der Waals surface area contributed by atoms with E-state index in [1.807, 2.05) is 32.9 Å². The number of benzene rings is 1. The van der Waals surface area contributed by atoms with E-state index in [1.165, 1.54) is 0 Å². The summed E-state index contributed by atoms with van der Waals surface area (Å²) in [6.45, 7) is 6.00. The zero-order valence-electron chi connectivity index (χ0n) is 11.1. The smallest absolute Gasteiger partial charge is 0.256 e. The summed E-state index contributed by atoms with van der Waals surface area (Å²) < 4.78 is 2.68. The summed E-state index contributed by atoms with van der Waals surface area (Å²) in [5.41, 5.74) is 1.67. The van der Waals surface area contributed by atoms with Gasteiger partial charge in [-0.1, -0.05) is 15.9 Å². The van der Waals surface area contributed by atoms with Crippen molar-refractivity contribution in [2.45, 2.75) is 26.8 Å². The Labute approximate surface area is 120 Å². The number of hydrogen-bond acceptors (Lipinski definition) is 2. The number of amides is 1. The van der Waals surface area contributed by atoms with Crippen molar-refractivity contribution in [1.29, 1.82) is 0 Å². The Morgan fingerprint density at radius 2 is 2.11 bits per heavy atom. The van der Waals surface area contributed by atoms with Crippen LogP contribution in [0.25, 0.3) is 0 Å². The van der Waals surface area contributed by atoms with E-state index in [4.69, 9.17) is 0 Å². The summed E-state index contributed by atoms with van der Waals surface area (Å²) in [7, 11) is 0. The van der Waals surface area contributed by atoms with Gasteiger partial charge >= 0.3 is 0 Å². The van der Waals surface area contributed by atoms with Gasteiger partial charge in [0.15, 0.2) is 0 Å². The van der Waals surface area contributed by atoms with Gasteiger partial charge in [-0.2, -0.15) is 5.10 Å². The van der Waals surface area contributed by atoms with Crippen LogP contribution in [0.3, 0.4) is 0 Å². The normalized spacial score (nSPS) is 10.8. The van der Waals surface area contributed by atoms with Gasteiger partial charge < -0.3 is 5.32 Å². The van der Waals surface area contributed by atoms with Crippen LogP contribution >= 0.6 is 15.9 Å². The minimum absolute atomic E-state index is 0.133. The monoisotopic (exact) mass is 321 g/mol. The first-order valence-electron chi connectivity index (χ1n) is 6.09. The van der Waals surface area contributed by atoms with Crippen molar-refractivity contribution in [3.05, 3.63) is 46.1 Å². The van der Waals surface area contributed by atoms with Crippen LogP contribution < -0.4 is 5.32 Å². The lowest BCUT2D eigenvalue weighted by Gasteiger charge is -2.12. The Morgan fingerprint density at radius 3 is 2.74 bits per heavy atom. The molecule has 0 bridgehead atoms.